The molecular formula is C18H10N2Y-2. The summed E-state index contributed by atoms with van der Waals surface area (Å²) in [5.74, 6) is 0. The Bertz CT molecular complexity index is 913. The van der Waals surface area contributed by atoms with Crippen LogP contribution in [0, 0.1) is 12.1 Å². The minimum Gasteiger partial charge on any atom is -0.303 e. The Morgan fingerprint density at radius 1 is 0.810 bits per heavy atom. The van der Waals surface area contributed by atoms with E-state index in [2.05, 4.69) is 34.2 Å². The van der Waals surface area contributed by atoms with Gasteiger partial charge in [-0.15, -0.1) is 22.9 Å². The van der Waals surface area contributed by atoms with Crippen molar-refractivity contribution in [2.24, 2.45) is 0 Å². The Kier molecular flexibility index (Phi) is 4.09. The fraction of sp³-hybridized carbons (Fsp3) is 0. The average Bonchev–Trinajstić information content (AvgIpc) is 2.54. The van der Waals surface area contributed by atoms with Crippen molar-refractivity contribution in [3.63, 3.8) is 0 Å². The second kappa shape index (κ2) is 6.01. The van der Waals surface area contributed by atoms with Crippen LogP contribution in [0.4, 0.5) is 0 Å². The van der Waals surface area contributed by atoms with E-state index >= 15 is 0 Å². The molecule has 4 rings (SSSR count). The summed E-state index contributed by atoms with van der Waals surface area (Å²) < 4.78 is 0. The summed E-state index contributed by atoms with van der Waals surface area (Å²) in [6.07, 6.45) is 7.31. The first-order chi connectivity index (χ1) is 9.92. The topological polar surface area (TPSA) is 25.8 Å². The molecule has 0 aliphatic carbocycles. The number of pyridine rings is 2. The Labute approximate surface area is 148 Å². The van der Waals surface area contributed by atoms with Gasteiger partial charge in [0.05, 0.1) is 0 Å². The molecule has 21 heavy (non-hydrogen) atoms. The van der Waals surface area contributed by atoms with Gasteiger partial charge in [-0.05, 0) is 6.20 Å². The SMILES string of the molecule is [Y].[c-]1ccc2cnccc2c1-c1[c-]c2cnccc2cc1. The van der Waals surface area contributed by atoms with E-state index in [1.54, 1.807) is 6.20 Å². The molecule has 0 saturated heterocycles. The van der Waals surface area contributed by atoms with Crippen molar-refractivity contribution < 1.29 is 32.7 Å². The quantitative estimate of drug-likeness (QED) is 0.488. The van der Waals surface area contributed by atoms with Crippen molar-refractivity contribution in [1.29, 1.82) is 0 Å². The van der Waals surface area contributed by atoms with Crippen LogP contribution in [0.15, 0.2) is 61.2 Å². The van der Waals surface area contributed by atoms with Crippen LogP contribution in [0.1, 0.15) is 0 Å². The largest absolute Gasteiger partial charge is 0.303 e. The molecule has 3 heteroatoms. The molecule has 0 aliphatic rings. The Balaban J connectivity index is 0.00000132. The number of rotatable bonds is 1. The zero-order valence-electron chi connectivity index (χ0n) is 11.2. The maximum absolute atomic E-state index is 4.16. The number of aromatic nitrogens is 2. The zero-order valence-corrected chi connectivity index (χ0v) is 14.1. The van der Waals surface area contributed by atoms with E-state index in [1.165, 1.54) is 0 Å². The van der Waals surface area contributed by atoms with Gasteiger partial charge in [0.1, 0.15) is 0 Å². The minimum absolute atomic E-state index is 0. The van der Waals surface area contributed by atoms with Crippen molar-refractivity contribution in [3.8, 4) is 11.1 Å². The van der Waals surface area contributed by atoms with Crippen molar-refractivity contribution in [2.75, 3.05) is 0 Å². The average molecular weight is 343 g/mol. The summed E-state index contributed by atoms with van der Waals surface area (Å²) in [4.78, 5) is 8.32. The molecule has 2 aromatic heterocycles. The summed E-state index contributed by atoms with van der Waals surface area (Å²) in [5.41, 5.74) is 2.08. The smallest absolute Gasteiger partial charge is 0.0175 e. The molecule has 0 amide bonds. The number of benzene rings is 2. The van der Waals surface area contributed by atoms with Crippen LogP contribution in [-0.2, 0) is 32.7 Å². The third-order valence-corrected chi connectivity index (χ3v) is 3.43. The van der Waals surface area contributed by atoms with Crippen LogP contribution in [0.3, 0.4) is 0 Å². The van der Waals surface area contributed by atoms with Crippen LogP contribution in [-0.4, -0.2) is 9.97 Å². The first-order valence-corrected chi connectivity index (χ1v) is 6.43. The Morgan fingerprint density at radius 2 is 1.67 bits per heavy atom. The monoisotopic (exact) mass is 343 g/mol. The molecule has 2 nitrogen and oxygen atoms in total. The molecule has 0 saturated carbocycles. The van der Waals surface area contributed by atoms with Gasteiger partial charge in [0.15, 0.2) is 0 Å². The molecule has 2 heterocycles. The molecule has 4 aromatic rings. The summed E-state index contributed by atoms with van der Waals surface area (Å²) in [6.45, 7) is 0. The minimum atomic E-state index is 0. The van der Waals surface area contributed by atoms with Crippen molar-refractivity contribution in [1.82, 2.24) is 9.97 Å². The predicted molar refractivity (Wildman–Crippen MR) is 80.2 cm³/mol. The zero-order chi connectivity index (χ0) is 13.4. The standard InChI is InChI=1S/C18H10N2.Y/c1-2-15-11-20-9-7-18(15)17(3-1)14-5-4-13-6-8-19-12-16(13)10-14;/h1-2,4-9,11-12H;/q-2;. The van der Waals surface area contributed by atoms with Crippen LogP contribution in [0.5, 0.6) is 0 Å². The third kappa shape index (κ3) is 2.62. The van der Waals surface area contributed by atoms with Crippen LogP contribution < -0.4 is 0 Å². The van der Waals surface area contributed by atoms with Gasteiger partial charge in [-0.3, -0.25) is 4.98 Å². The second-order valence-electron chi connectivity index (χ2n) is 4.65. The molecule has 0 unspecified atom stereocenters. The molecule has 1 radical (unpaired) electrons. The van der Waals surface area contributed by atoms with Crippen LogP contribution >= 0.6 is 0 Å². The summed E-state index contributed by atoms with van der Waals surface area (Å²) in [7, 11) is 0. The normalized spacial score (nSPS) is 10.5. The molecule has 0 atom stereocenters. The van der Waals surface area contributed by atoms with Crippen LogP contribution in [0.25, 0.3) is 32.7 Å². The van der Waals surface area contributed by atoms with E-state index in [9.17, 15) is 0 Å². The Morgan fingerprint density at radius 3 is 2.62 bits per heavy atom. The van der Waals surface area contributed by atoms with E-state index in [-0.39, 0.29) is 32.7 Å². The molecule has 0 fully saturated rings. The molecule has 0 spiro atoms. The number of nitrogens with zero attached hydrogens (tertiary/aromatic N) is 2. The fourth-order valence-corrected chi connectivity index (χ4v) is 2.44. The summed E-state index contributed by atoms with van der Waals surface area (Å²) in [5, 5.41) is 4.41. The van der Waals surface area contributed by atoms with Gasteiger partial charge in [-0.1, -0.05) is 22.9 Å². The predicted octanol–water partition coefficient (Wildman–Crippen LogP) is 4.05. The summed E-state index contributed by atoms with van der Waals surface area (Å²) >= 11 is 0. The van der Waals surface area contributed by atoms with E-state index in [0.29, 0.717) is 0 Å². The third-order valence-electron chi connectivity index (χ3n) is 3.43. The van der Waals surface area contributed by atoms with Gasteiger partial charge in [-0.25, -0.2) is 5.56 Å². The molecule has 0 aliphatic heterocycles. The van der Waals surface area contributed by atoms with Gasteiger partial charge in [-0.2, -0.15) is 29.8 Å². The molecular weight excluding hydrogens is 333 g/mol. The number of hydrogen-bond donors (Lipinski definition) is 0. The van der Waals surface area contributed by atoms with Gasteiger partial charge >= 0.3 is 0 Å². The van der Waals surface area contributed by atoms with E-state index in [4.69, 9.17) is 0 Å². The van der Waals surface area contributed by atoms with Gasteiger partial charge in [0.25, 0.3) is 0 Å². The number of hydrogen-bond acceptors (Lipinski definition) is 2. The number of fused-ring (bicyclic) bond motifs is 2. The van der Waals surface area contributed by atoms with Crippen LogP contribution in [0.2, 0.25) is 0 Å². The maximum Gasteiger partial charge on any atom is 0.0175 e. The maximum atomic E-state index is 4.16. The van der Waals surface area contributed by atoms with Crippen molar-refractivity contribution in [2.45, 2.75) is 0 Å². The van der Waals surface area contributed by atoms with Gasteiger partial charge < -0.3 is 4.98 Å². The molecule has 0 N–H and O–H groups in total. The van der Waals surface area contributed by atoms with Gasteiger partial charge in [0.2, 0.25) is 0 Å². The summed E-state index contributed by atoms with van der Waals surface area (Å²) in [6, 6.07) is 18.9. The fourth-order valence-electron chi connectivity index (χ4n) is 2.44. The first kappa shape index (κ1) is 14.3. The molecule has 97 valence electrons. The van der Waals surface area contributed by atoms with Crippen molar-refractivity contribution >= 4 is 21.5 Å². The second-order valence-corrected chi connectivity index (χ2v) is 4.65. The van der Waals surface area contributed by atoms with Gasteiger partial charge in [0, 0.05) is 51.3 Å². The van der Waals surface area contributed by atoms with Crippen molar-refractivity contribution in [3.05, 3.63) is 73.3 Å². The van der Waals surface area contributed by atoms with E-state index < -0.39 is 0 Å². The molecule has 0 bridgehead atoms. The molecule has 2 aromatic carbocycles. The van der Waals surface area contributed by atoms with E-state index in [1.807, 2.05) is 42.9 Å². The first-order valence-electron chi connectivity index (χ1n) is 6.43. The van der Waals surface area contributed by atoms with E-state index in [0.717, 1.165) is 32.7 Å². The Hall–Kier alpha value is -1.64.